The van der Waals surface area contributed by atoms with E-state index in [9.17, 15) is 0 Å². The number of aromatic nitrogens is 3. The first-order chi connectivity index (χ1) is 6.18. The largest absolute Gasteiger partial charge is 0.466 e. The van der Waals surface area contributed by atoms with Crippen molar-refractivity contribution < 1.29 is 19.2 Å². The molecule has 0 aliphatic heterocycles. The summed E-state index contributed by atoms with van der Waals surface area (Å²) in [6, 6.07) is 0. The molecule has 1 aromatic rings. The smallest absolute Gasteiger partial charge is 0.368 e. The molecule has 0 aliphatic rings. The third-order valence-electron chi connectivity index (χ3n) is 0.687. The van der Waals surface area contributed by atoms with Crippen LogP contribution in [0.3, 0.4) is 0 Å². The Labute approximate surface area is 87.8 Å². The quantitative estimate of drug-likeness (QED) is 0.276. The van der Waals surface area contributed by atoms with Crippen LogP contribution in [-0.2, 0) is 4.57 Å². The Morgan fingerprint density at radius 3 is 1.13 bits per heavy atom. The number of nitrogen functional groups attached to an aromatic ring is 3. The molecule has 15 heavy (non-hydrogen) atoms. The third kappa shape index (κ3) is 12.9. The Kier molecular flexibility index (Phi) is 7.03. The number of hydrogen-bond donors (Lipinski definition) is 6. The molecule has 0 amide bonds. The number of rotatable bonds is 0. The highest BCUT2D eigenvalue weighted by atomic mass is 31.2. The summed E-state index contributed by atoms with van der Waals surface area (Å²) < 4.78 is 8.88. The van der Waals surface area contributed by atoms with Gasteiger partial charge in [0.15, 0.2) is 0 Å². The van der Waals surface area contributed by atoms with Crippen molar-refractivity contribution in [3.8, 4) is 0 Å². The van der Waals surface area contributed by atoms with Gasteiger partial charge in [-0.3, -0.25) is 0 Å². The zero-order valence-corrected chi connectivity index (χ0v) is 9.79. The molecule has 0 bridgehead atoms. The van der Waals surface area contributed by atoms with E-state index in [1.54, 1.807) is 0 Å². The van der Waals surface area contributed by atoms with E-state index in [1.807, 2.05) is 0 Å². The molecule has 0 spiro atoms. The van der Waals surface area contributed by atoms with E-state index >= 15 is 0 Å². The van der Waals surface area contributed by atoms with Crippen LogP contribution in [0.1, 0.15) is 0 Å². The summed E-state index contributed by atoms with van der Waals surface area (Å²) in [7, 11) is -4.64. The molecule has 0 saturated carbocycles. The lowest BCUT2D eigenvalue weighted by Crippen LogP contribution is -2.05. The van der Waals surface area contributed by atoms with Gasteiger partial charge in [0.05, 0.1) is 0 Å². The Morgan fingerprint density at radius 2 is 1.00 bits per heavy atom. The van der Waals surface area contributed by atoms with Crippen LogP contribution in [0, 0.1) is 0 Å². The molecule has 12 heteroatoms. The summed E-state index contributed by atoms with van der Waals surface area (Å²) in [5, 5.41) is 0. The van der Waals surface area contributed by atoms with Gasteiger partial charge < -0.3 is 31.9 Å². The zero-order valence-electron chi connectivity index (χ0n) is 7.48. The van der Waals surface area contributed by atoms with Gasteiger partial charge in [-0.1, -0.05) is 0 Å². The van der Waals surface area contributed by atoms with E-state index in [4.69, 9.17) is 36.4 Å². The molecule has 88 valence electrons. The van der Waals surface area contributed by atoms with Gasteiger partial charge >= 0.3 is 7.82 Å². The fourth-order valence-electron chi connectivity index (χ4n) is 0.427. The molecule has 0 saturated heterocycles. The Morgan fingerprint density at radius 1 is 0.867 bits per heavy atom. The van der Waals surface area contributed by atoms with E-state index in [0.29, 0.717) is 0 Å². The van der Waals surface area contributed by atoms with E-state index < -0.39 is 7.82 Å². The molecule has 1 heterocycles. The van der Waals surface area contributed by atoms with Crippen molar-refractivity contribution >= 4 is 35.6 Å². The predicted octanol–water partition coefficient (Wildman–Crippen LogP) is -2.25. The lowest BCUT2D eigenvalue weighted by molar-refractivity contribution is 0.275. The number of nitrogens with zero attached hydrogens (tertiary/aromatic N) is 3. The predicted molar refractivity (Wildman–Crippen MR) is 58.4 cm³/mol. The lowest BCUT2D eigenvalue weighted by Gasteiger charge is -1.93. The van der Waals surface area contributed by atoms with Crippen LogP contribution >= 0.6 is 17.7 Å². The molecule has 1 rings (SSSR count). The van der Waals surface area contributed by atoms with Gasteiger partial charge in [0.2, 0.25) is 17.8 Å². The first-order valence-corrected chi connectivity index (χ1v) is 4.56. The van der Waals surface area contributed by atoms with Crippen LogP contribution in [0.4, 0.5) is 17.8 Å². The number of hydrogen-bond acceptors (Lipinski definition) is 7. The van der Waals surface area contributed by atoms with Gasteiger partial charge in [0.1, 0.15) is 0 Å². The molecule has 0 aromatic carbocycles. The van der Waals surface area contributed by atoms with Gasteiger partial charge in [-0.15, -0.1) is 0 Å². The van der Waals surface area contributed by atoms with Crippen molar-refractivity contribution in [2.45, 2.75) is 0 Å². The molecular formula is C3H12N6O4P2. The maximum absolute atomic E-state index is 8.88. The highest BCUT2D eigenvalue weighted by Gasteiger charge is 2.00. The Bertz CT molecular complexity index is 295. The topological polar surface area (TPSA) is 194 Å². The molecule has 1 unspecified atom stereocenters. The van der Waals surface area contributed by atoms with Crippen molar-refractivity contribution in [1.82, 2.24) is 15.0 Å². The Balaban J connectivity index is 0. The summed E-state index contributed by atoms with van der Waals surface area (Å²) in [6.07, 6.45) is 0. The minimum absolute atomic E-state index is 0. The summed E-state index contributed by atoms with van der Waals surface area (Å²) in [6.45, 7) is 0. The molecule has 0 aliphatic carbocycles. The maximum Gasteiger partial charge on any atom is 0.466 e. The highest BCUT2D eigenvalue weighted by Crippen LogP contribution is 2.25. The van der Waals surface area contributed by atoms with Crippen molar-refractivity contribution in [3.05, 3.63) is 0 Å². The van der Waals surface area contributed by atoms with Gasteiger partial charge in [-0.2, -0.15) is 24.9 Å². The second kappa shape index (κ2) is 6.44. The monoisotopic (exact) mass is 258 g/mol. The van der Waals surface area contributed by atoms with Gasteiger partial charge in [0, 0.05) is 0 Å². The van der Waals surface area contributed by atoms with Gasteiger partial charge in [0.25, 0.3) is 0 Å². The van der Waals surface area contributed by atoms with E-state index in [0.717, 1.165) is 0 Å². The van der Waals surface area contributed by atoms with E-state index in [2.05, 4.69) is 15.0 Å². The van der Waals surface area contributed by atoms with E-state index in [1.165, 1.54) is 0 Å². The molecule has 0 radical (unpaired) electrons. The summed E-state index contributed by atoms with van der Waals surface area (Å²) in [5.41, 5.74) is 15.4. The number of anilines is 3. The van der Waals surface area contributed by atoms with Crippen LogP contribution in [0.2, 0.25) is 0 Å². The van der Waals surface area contributed by atoms with Crippen LogP contribution in [0.15, 0.2) is 0 Å². The van der Waals surface area contributed by atoms with Crippen LogP contribution in [0.5, 0.6) is 0 Å². The van der Waals surface area contributed by atoms with Crippen molar-refractivity contribution in [3.63, 3.8) is 0 Å². The van der Waals surface area contributed by atoms with Crippen molar-refractivity contribution in [2.24, 2.45) is 0 Å². The fourth-order valence-corrected chi connectivity index (χ4v) is 0.427. The molecule has 9 N–H and O–H groups in total. The molecule has 1 aromatic heterocycles. The second-order valence-corrected chi connectivity index (χ2v) is 2.95. The van der Waals surface area contributed by atoms with Gasteiger partial charge in [-0.25, -0.2) is 4.57 Å². The average Bonchev–Trinajstić information content (AvgIpc) is 1.77. The van der Waals surface area contributed by atoms with Crippen LogP contribution in [0.25, 0.3) is 0 Å². The van der Waals surface area contributed by atoms with Crippen molar-refractivity contribution in [2.75, 3.05) is 17.2 Å². The summed E-state index contributed by atoms with van der Waals surface area (Å²) in [5.74, 6) is 0.125. The molecule has 10 nitrogen and oxygen atoms in total. The molecular weight excluding hydrogens is 246 g/mol. The van der Waals surface area contributed by atoms with Crippen molar-refractivity contribution in [1.29, 1.82) is 0 Å². The lowest BCUT2D eigenvalue weighted by atomic mass is 10.9. The first kappa shape index (κ1) is 16.4. The summed E-state index contributed by atoms with van der Waals surface area (Å²) >= 11 is 0. The molecule has 1 atom stereocenters. The minimum atomic E-state index is -4.64. The number of nitrogens with two attached hydrogens (primary N) is 3. The first-order valence-electron chi connectivity index (χ1n) is 2.99. The average molecular weight is 258 g/mol. The van der Waals surface area contributed by atoms with Crippen LogP contribution < -0.4 is 17.2 Å². The highest BCUT2D eigenvalue weighted by molar-refractivity contribution is 7.45. The standard InChI is InChI=1S/C3H6N6.H3O4P.H3P/c4-1-7-2(5)9-3(6)8-1;1-5(2,3)4;/h(H6,4,5,6,7,8,9);(H3,1,2,3,4);1H3. The van der Waals surface area contributed by atoms with E-state index in [-0.39, 0.29) is 27.7 Å². The summed E-state index contributed by atoms with van der Waals surface area (Å²) in [4.78, 5) is 32.0. The van der Waals surface area contributed by atoms with Gasteiger partial charge in [-0.05, 0) is 0 Å². The Hall–Kier alpha value is -1.05. The zero-order chi connectivity index (χ0) is 11.4. The minimum Gasteiger partial charge on any atom is -0.368 e. The third-order valence-corrected chi connectivity index (χ3v) is 0.687. The fraction of sp³-hybridized carbons (Fsp3) is 0. The molecule has 0 fully saturated rings. The van der Waals surface area contributed by atoms with Crippen LogP contribution in [-0.4, -0.2) is 29.6 Å². The number of phosphoric acid groups is 1. The SMILES string of the molecule is Nc1nc(N)nc(N)n1.O=P(O)(O)O.P. The normalized spacial score (nSPS) is 9.53. The maximum atomic E-state index is 8.88. The second-order valence-electron chi connectivity index (χ2n) is 1.92.